The van der Waals surface area contributed by atoms with Crippen molar-refractivity contribution in [2.45, 2.75) is 13.0 Å². The third kappa shape index (κ3) is 3.61. The molecule has 0 spiro atoms. The maximum atomic E-state index is 11.9. The van der Waals surface area contributed by atoms with Crippen molar-refractivity contribution in [1.82, 2.24) is 4.90 Å². The lowest BCUT2D eigenvalue weighted by atomic mass is 10.1. The first-order chi connectivity index (χ1) is 8.49. The van der Waals surface area contributed by atoms with Crippen LogP contribution in [-0.2, 0) is 4.79 Å². The van der Waals surface area contributed by atoms with E-state index in [4.69, 9.17) is 28.5 Å². The lowest BCUT2D eigenvalue weighted by molar-refractivity contribution is -0.139. The van der Waals surface area contributed by atoms with E-state index in [1.54, 1.807) is 6.92 Å². The maximum Gasteiger partial charge on any atom is 0.256 e. The van der Waals surface area contributed by atoms with Gasteiger partial charge >= 0.3 is 0 Å². The number of hydrogen-bond acceptors (Lipinski definition) is 3. The SMILES string of the molecule is CCN(CC#N)C(=O)C(O)c1cc(Cl)cc(Cl)c1. The summed E-state index contributed by atoms with van der Waals surface area (Å²) in [5, 5.41) is 19.2. The standard InChI is InChI=1S/C12H12Cl2N2O2/c1-2-16(4-3-15)12(18)11(17)8-5-9(13)7-10(14)6-8/h5-7,11,17H,2,4H2,1H3. The number of aliphatic hydroxyl groups excluding tert-OH is 1. The van der Waals surface area contributed by atoms with Gasteiger partial charge in [0, 0.05) is 16.6 Å². The third-order valence-corrected chi connectivity index (χ3v) is 2.83. The van der Waals surface area contributed by atoms with E-state index >= 15 is 0 Å². The highest BCUT2D eigenvalue weighted by molar-refractivity contribution is 6.34. The van der Waals surface area contributed by atoms with Gasteiger partial charge in [0.25, 0.3) is 5.91 Å². The molecule has 0 heterocycles. The Labute approximate surface area is 115 Å². The summed E-state index contributed by atoms with van der Waals surface area (Å²) in [5.74, 6) is -0.544. The zero-order valence-electron chi connectivity index (χ0n) is 9.73. The molecule has 1 aromatic rings. The molecule has 1 rings (SSSR count). The normalized spacial score (nSPS) is 11.7. The molecule has 0 aliphatic heterocycles. The molecule has 0 radical (unpaired) electrons. The molecule has 6 heteroatoms. The van der Waals surface area contributed by atoms with Gasteiger partial charge in [-0.25, -0.2) is 0 Å². The first kappa shape index (κ1) is 14.8. The van der Waals surface area contributed by atoms with Gasteiger partial charge in [-0.05, 0) is 30.7 Å². The van der Waals surface area contributed by atoms with Crippen molar-refractivity contribution >= 4 is 29.1 Å². The Morgan fingerprint density at radius 2 is 2.00 bits per heavy atom. The molecule has 96 valence electrons. The van der Waals surface area contributed by atoms with E-state index in [-0.39, 0.29) is 6.54 Å². The van der Waals surface area contributed by atoms with Crippen molar-refractivity contribution in [3.8, 4) is 6.07 Å². The lowest BCUT2D eigenvalue weighted by Crippen LogP contribution is -2.35. The summed E-state index contributed by atoms with van der Waals surface area (Å²) >= 11 is 11.6. The van der Waals surface area contributed by atoms with Crippen LogP contribution in [0, 0.1) is 11.3 Å². The van der Waals surface area contributed by atoms with Crippen molar-refractivity contribution in [1.29, 1.82) is 5.26 Å². The average molecular weight is 287 g/mol. The molecule has 0 saturated heterocycles. The molecule has 1 amide bonds. The molecule has 0 bridgehead atoms. The smallest absolute Gasteiger partial charge is 0.256 e. The Kier molecular flexibility index (Phi) is 5.42. The average Bonchev–Trinajstić information content (AvgIpc) is 2.33. The Hall–Kier alpha value is -1.28. The van der Waals surface area contributed by atoms with Gasteiger partial charge in [-0.1, -0.05) is 23.2 Å². The van der Waals surface area contributed by atoms with Gasteiger partial charge in [-0.3, -0.25) is 4.79 Å². The fraction of sp³-hybridized carbons (Fsp3) is 0.333. The summed E-state index contributed by atoms with van der Waals surface area (Å²) in [4.78, 5) is 13.2. The molecule has 0 aliphatic carbocycles. The van der Waals surface area contributed by atoms with E-state index in [0.717, 1.165) is 0 Å². The summed E-state index contributed by atoms with van der Waals surface area (Å²) in [6.07, 6.45) is -1.37. The minimum atomic E-state index is -1.37. The van der Waals surface area contributed by atoms with Gasteiger partial charge in [-0.2, -0.15) is 5.26 Å². The second-order valence-corrected chi connectivity index (χ2v) is 4.49. The largest absolute Gasteiger partial charge is 0.378 e. The number of nitriles is 1. The second-order valence-electron chi connectivity index (χ2n) is 3.62. The van der Waals surface area contributed by atoms with Crippen molar-refractivity contribution in [3.63, 3.8) is 0 Å². The first-order valence-corrected chi connectivity index (χ1v) is 6.05. The number of benzene rings is 1. The molecule has 0 aliphatic rings. The van der Waals surface area contributed by atoms with Gasteiger partial charge in [0.05, 0.1) is 6.07 Å². The second kappa shape index (κ2) is 6.60. The fourth-order valence-electron chi connectivity index (χ4n) is 1.48. The molecular weight excluding hydrogens is 275 g/mol. The topological polar surface area (TPSA) is 64.3 Å². The van der Waals surface area contributed by atoms with Gasteiger partial charge in [0.2, 0.25) is 0 Å². The molecular formula is C12H12Cl2N2O2. The summed E-state index contributed by atoms with van der Waals surface area (Å²) in [5.41, 5.74) is 0.314. The Morgan fingerprint density at radius 1 is 1.44 bits per heavy atom. The summed E-state index contributed by atoms with van der Waals surface area (Å²) in [6.45, 7) is 2.01. The van der Waals surface area contributed by atoms with Crippen LogP contribution in [0.2, 0.25) is 10.0 Å². The zero-order chi connectivity index (χ0) is 13.7. The van der Waals surface area contributed by atoms with Crippen LogP contribution in [0.4, 0.5) is 0 Å². The molecule has 1 unspecified atom stereocenters. The van der Waals surface area contributed by atoms with E-state index < -0.39 is 12.0 Å². The van der Waals surface area contributed by atoms with E-state index in [1.807, 2.05) is 6.07 Å². The molecule has 1 atom stereocenters. The lowest BCUT2D eigenvalue weighted by Gasteiger charge is -2.21. The van der Waals surface area contributed by atoms with Gasteiger partial charge in [0.1, 0.15) is 6.54 Å². The van der Waals surface area contributed by atoms with Crippen molar-refractivity contribution in [3.05, 3.63) is 33.8 Å². The summed E-state index contributed by atoms with van der Waals surface area (Å²) in [7, 11) is 0. The molecule has 0 saturated carbocycles. The van der Waals surface area contributed by atoms with Crippen molar-refractivity contribution < 1.29 is 9.90 Å². The summed E-state index contributed by atoms with van der Waals surface area (Å²) in [6, 6.07) is 6.32. The first-order valence-electron chi connectivity index (χ1n) is 5.29. The number of aliphatic hydroxyl groups is 1. The number of nitrogens with zero attached hydrogens (tertiary/aromatic N) is 2. The van der Waals surface area contributed by atoms with Crippen LogP contribution in [0.15, 0.2) is 18.2 Å². The molecule has 0 fully saturated rings. The summed E-state index contributed by atoms with van der Waals surface area (Å²) < 4.78 is 0. The highest BCUT2D eigenvalue weighted by Gasteiger charge is 2.23. The zero-order valence-corrected chi connectivity index (χ0v) is 11.2. The molecule has 18 heavy (non-hydrogen) atoms. The maximum absolute atomic E-state index is 11.9. The number of likely N-dealkylation sites (N-methyl/N-ethyl adjacent to an activating group) is 1. The predicted molar refractivity (Wildman–Crippen MR) is 69.3 cm³/mol. The van der Waals surface area contributed by atoms with Crippen LogP contribution in [-0.4, -0.2) is 29.0 Å². The minimum Gasteiger partial charge on any atom is -0.378 e. The molecule has 4 nitrogen and oxygen atoms in total. The van der Waals surface area contributed by atoms with E-state index in [1.165, 1.54) is 23.1 Å². The number of amides is 1. The number of carbonyl (C=O) groups is 1. The number of hydrogen-bond donors (Lipinski definition) is 1. The highest BCUT2D eigenvalue weighted by atomic mass is 35.5. The fourth-order valence-corrected chi connectivity index (χ4v) is 2.02. The van der Waals surface area contributed by atoms with E-state index in [0.29, 0.717) is 22.2 Å². The van der Waals surface area contributed by atoms with Crippen LogP contribution in [0.25, 0.3) is 0 Å². The van der Waals surface area contributed by atoms with E-state index in [9.17, 15) is 9.90 Å². The number of carbonyl (C=O) groups excluding carboxylic acids is 1. The van der Waals surface area contributed by atoms with Gasteiger partial charge in [-0.15, -0.1) is 0 Å². The number of rotatable bonds is 4. The van der Waals surface area contributed by atoms with Gasteiger partial charge in [0.15, 0.2) is 6.10 Å². The van der Waals surface area contributed by atoms with Crippen molar-refractivity contribution in [2.75, 3.05) is 13.1 Å². The van der Waals surface area contributed by atoms with Crippen LogP contribution in [0.5, 0.6) is 0 Å². The van der Waals surface area contributed by atoms with Crippen LogP contribution in [0.3, 0.4) is 0 Å². The van der Waals surface area contributed by atoms with Crippen LogP contribution >= 0.6 is 23.2 Å². The molecule has 1 N–H and O–H groups in total. The molecule has 1 aromatic carbocycles. The van der Waals surface area contributed by atoms with Crippen LogP contribution in [0.1, 0.15) is 18.6 Å². The highest BCUT2D eigenvalue weighted by Crippen LogP contribution is 2.24. The minimum absolute atomic E-state index is 0.0688. The molecule has 0 aromatic heterocycles. The van der Waals surface area contributed by atoms with Gasteiger partial charge < -0.3 is 10.0 Å². The van der Waals surface area contributed by atoms with Crippen LogP contribution < -0.4 is 0 Å². The quantitative estimate of drug-likeness (QED) is 0.865. The Balaban J connectivity index is 2.95. The third-order valence-electron chi connectivity index (χ3n) is 2.39. The number of halogens is 2. The Morgan fingerprint density at radius 3 is 2.44 bits per heavy atom. The monoisotopic (exact) mass is 286 g/mol. The van der Waals surface area contributed by atoms with E-state index in [2.05, 4.69) is 0 Å². The Bertz CT molecular complexity index is 465. The van der Waals surface area contributed by atoms with Crippen molar-refractivity contribution in [2.24, 2.45) is 0 Å². The predicted octanol–water partition coefficient (Wildman–Crippen LogP) is 2.40.